The summed E-state index contributed by atoms with van der Waals surface area (Å²) in [5.74, 6) is -2.08. The van der Waals surface area contributed by atoms with Crippen LogP contribution in [0.4, 0.5) is 4.39 Å². The third-order valence-electron chi connectivity index (χ3n) is 2.86. The highest BCUT2D eigenvalue weighted by Crippen LogP contribution is 2.29. The summed E-state index contributed by atoms with van der Waals surface area (Å²) in [6.07, 6.45) is -6.94. The largest absolute Gasteiger partial charge is 0.463 e. The second kappa shape index (κ2) is 8.04. The first-order valence-corrected chi connectivity index (χ1v) is 6.56. The summed E-state index contributed by atoms with van der Waals surface area (Å²) in [4.78, 5) is 33.1. The molecule has 0 N–H and O–H groups in total. The predicted molar refractivity (Wildman–Crippen MR) is 68.3 cm³/mol. The fourth-order valence-electron chi connectivity index (χ4n) is 2.03. The summed E-state index contributed by atoms with van der Waals surface area (Å²) >= 11 is 0. The Morgan fingerprint density at radius 1 is 1.00 bits per heavy atom. The standard InChI is InChI=1S/C13H19FO8/c1-6(15)19-5-9-10(14)11(20-7(2)16)12(21-8(3)17)13(18-4)22-9/h9-13H,5H2,1-4H3/t9?,10-,11-,12?,13-/m1/s1/i14-1. The van der Waals surface area contributed by atoms with Gasteiger partial charge in [-0.05, 0) is 0 Å². The lowest BCUT2D eigenvalue weighted by atomic mass is 9.99. The van der Waals surface area contributed by atoms with Gasteiger partial charge in [-0.2, -0.15) is 0 Å². The Labute approximate surface area is 126 Å². The van der Waals surface area contributed by atoms with Crippen molar-refractivity contribution in [2.75, 3.05) is 13.7 Å². The molecule has 126 valence electrons. The van der Waals surface area contributed by atoms with Crippen molar-refractivity contribution in [3.05, 3.63) is 0 Å². The van der Waals surface area contributed by atoms with Gasteiger partial charge in [0.05, 0.1) is 0 Å². The van der Waals surface area contributed by atoms with Crippen LogP contribution in [0.2, 0.25) is 0 Å². The summed E-state index contributed by atoms with van der Waals surface area (Å²) in [6, 6.07) is 0. The van der Waals surface area contributed by atoms with Crippen LogP contribution in [0, 0.1) is 0 Å². The van der Waals surface area contributed by atoms with Crippen molar-refractivity contribution in [2.24, 2.45) is 0 Å². The molecule has 22 heavy (non-hydrogen) atoms. The second-order valence-corrected chi connectivity index (χ2v) is 4.67. The molecule has 2 unspecified atom stereocenters. The highest BCUT2D eigenvalue weighted by molar-refractivity contribution is 5.67. The van der Waals surface area contributed by atoms with Gasteiger partial charge in [0.2, 0.25) is 0 Å². The Morgan fingerprint density at radius 3 is 2.00 bits per heavy atom. The molecule has 0 amide bonds. The third-order valence-corrected chi connectivity index (χ3v) is 2.86. The molecule has 1 aliphatic heterocycles. The number of carbonyl (C=O) groups is 3. The van der Waals surface area contributed by atoms with Crippen LogP contribution >= 0.6 is 0 Å². The topological polar surface area (TPSA) is 97.4 Å². The Balaban J connectivity index is 2.95. The molecule has 8 nitrogen and oxygen atoms in total. The number of methoxy groups -OCH3 is 1. The van der Waals surface area contributed by atoms with Crippen LogP contribution in [0.25, 0.3) is 0 Å². The molecule has 1 saturated heterocycles. The maximum atomic E-state index is 14.5. The highest BCUT2D eigenvalue weighted by Gasteiger charge is 2.51. The number of halogens is 1. The van der Waals surface area contributed by atoms with E-state index < -0.39 is 48.7 Å². The van der Waals surface area contributed by atoms with Crippen LogP contribution in [0.5, 0.6) is 0 Å². The van der Waals surface area contributed by atoms with E-state index in [1.54, 1.807) is 0 Å². The molecule has 0 radical (unpaired) electrons. The van der Waals surface area contributed by atoms with Gasteiger partial charge in [-0.3, -0.25) is 14.4 Å². The summed E-state index contributed by atoms with van der Waals surface area (Å²) in [5.41, 5.74) is 0. The SMILES string of the molecule is CO[C@@H]1OC(COC(C)=O)[C@@H]([18F])[C@@H](OC(C)=O)C1OC(C)=O. The average molecular weight is 321 g/mol. The number of rotatable bonds is 5. The molecule has 0 bridgehead atoms. The minimum Gasteiger partial charge on any atom is -0.463 e. The van der Waals surface area contributed by atoms with Gasteiger partial charge < -0.3 is 23.7 Å². The highest BCUT2D eigenvalue weighted by atomic mass is 18.2. The second-order valence-electron chi connectivity index (χ2n) is 4.67. The van der Waals surface area contributed by atoms with Crippen LogP contribution in [0.1, 0.15) is 20.8 Å². The van der Waals surface area contributed by atoms with E-state index in [4.69, 9.17) is 23.7 Å². The smallest absolute Gasteiger partial charge is 0.303 e. The van der Waals surface area contributed by atoms with Crippen LogP contribution in [0.15, 0.2) is 0 Å². The maximum absolute atomic E-state index is 14.5. The van der Waals surface area contributed by atoms with Crippen molar-refractivity contribution < 1.29 is 42.5 Å². The Kier molecular flexibility index (Phi) is 6.69. The molecule has 1 heterocycles. The van der Waals surface area contributed by atoms with Gasteiger partial charge in [-0.1, -0.05) is 0 Å². The lowest BCUT2D eigenvalue weighted by Gasteiger charge is -2.41. The Morgan fingerprint density at radius 2 is 1.55 bits per heavy atom. The lowest BCUT2D eigenvalue weighted by molar-refractivity contribution is -0.290. The molecule has 1 rings (SSSR count). The molecule has 0 aliphatic carbocycles. The molecule has 5 atom stereocenters. The number of ether oxygens (including phenoxy) is 5. The van der Waals surface area contributed by atoms with Crippen LogP contribution in [-0.2, 0) is 38.1 Å². The van der Waals surface area contributed by atoms with E-state index in [-0.39, 0.29) is 6.61 Å². The zero-order valence-electron chi connectivity index (χ0n) is 12.7. The number of esters is 3. The molecule has 9 heteroatoms. The minimum atomic E-state index is -1.86. The molecule has 0 aromatic carbocycles. The normalized spacial score (nSPS) is 31.2. The number of hydrogen-bond acceptors (Lipinski definition) is 8. The Hall–Kier alpha value is -1.74. The van der Waals surface area contributed by atoms with Gasteiger partial charge >= 0.3 is 17.9 Å². The van der Waals surface area contributed by atoms with E-state index in [9.17, 15) is 18.8 Å². The third kappa shape index (κ3) is 4.92. The Bertz CT molecular complexity index is 426. The van der Waals surface area contributed by atoms with E-state index in [1.807, 2.05) is 0 Å². The fraction of sp³-hybridized carbons (Fsp3) is 0.769. The number of hydrogen-bond donors (Lipinski definition) is 0. The van der Waals surface area contributed by atoms with Crippen LogP contribution in [-0.4, -0.2) is 62.4 Å². The van der Waals surface area contributed by atoms with E-state index in [0.29, 0.717) is 0 Å². The van der Waals surface area contributed by atoms with Crippen molar-refractivity contribution in [3.63, 3.8) is 0 Å². The molecule has 0 aromatic rings. The van der Waals surface area contributed by atoms with E-state index in [2.05, 4.69) is 0 Å². The summed E-state index contributed by atoms with van der Waals surface area (Å²) in [7, 11) is 1.26. The first-order chi connectivity index (χ1) is 10.3. The van der Waals surface area contributed by atoms with Crippen LogP contribution < -0.4 is 0 Å². The van der Waals surface area contributed by atoms with Crippen molar-refractivity contribution in [1.82, 2.24) is 0 Å². The van der Waals surface area contributed by atoms with Gasteiger partial charge in [0.25, 0.3) is 0 Å². The molecule has 0 spiro atoms. The molecular formula is C13H19FO8. The zero-order chi connectivity index (χ0) is 16.9. The molecule has 0 saturated carbocycles. The van der Waals surface area contributed by atoms with Crippen molar-refractivity contribution in [2.45, 2.75) is 51.5 Å². The maximum Gasteiger partial charge on any atom is 0.303 e. The first kappa shape index (κ1) is 18.3. The molecule has 1 fully saturated rings. The van der Waals surface area contributed by atoms with Crippen LogP contribution in [0.3, 0.4) is 0 Å². The van der Waals surface area contributed by atoms with Gasteiger partial charge in [0, 0.05) is 27.9 Å². The van der Waals surface area contributed by atoms with E-state index >= 15 is 0 Å². The summed E-state index contributed by atoms with van der Waals surface area (Å²) in [5, 5.41) is 0. The van der Waals surface area contributed by atoms with Gasteiger partial charge in [-0.15, -0.1) is 0 Å². The van der Waals surface area contributed by atoms with Crippen molar-refractivity contribution in [3.8, 4) is 0 Å². The number of alkyl halides is 1. The van der Waals surface area contributed by atoms with Crippen molar-refractivity contribution >= 4 is 17.9 Å². The lowest BCUT2D eigenvalue weighted by Crippen LogP contribution is -2.60. The summed E-state index contributed by atoms with van der Waals surface area (Å²) in [6.45, 7) is 2.99. The summed E-state index contributed by atoms with van der Waals surface area (Å²) < 4.78 is 39.3. The van der Waals surface area contributed by atoms with E-state index in [0.717, 1.165) is 20.8 Å². The monoisotopic (exact) mass is 321 g/mol. The average Bonchev–Trinajstić information content (AvgIpc) is 2.41. The van der Waals surface area contributed by atoms with E-state index in [1.165, 1.54) is 7.11 Å². The van der Waals surface area contributed by atoms with Gasteiger partial charge in [0.15, 0.2) is 24.7 Å². The molecular weight excluding hydrogens is 302 g/mol. The quantitative estimate of drug-likeness (QED) is 0.520. The van der Waals surface area contributed by atoms with Gasteiger partial charge in [-0.25, -0.2) is 4.39 Å². The van der Waals surface area contributed by atoms with Crippen molar-refractivity contribution in [1.29, 1.82) is 0 Å². The molecule has 0 aromatic heterocycles. The van der Waals surface area contributed by atoms with Gasteiger partial charge in [0.1, 0.15) is 12.7 Å². The predicted octanol–water partition coefficient (Wildman–Crippen LogP) is 0.122. The minimum absolute atomic E-state index is 0.388. The molecule has 1 aliphatic rings. The number of carbonyl (C=O) groups excluding carboxylic acids is 3. The first-order valence-electron chi connectivity index (χ1n) is 6.56. The fourth-order valence-corrected chi connectivity index (χ4v) is 2.03. The zero-order valence-corrected chi connectivity index (χ0v) is 12.7.